The number of aromatic nitrogens is 1. The number of nitrogens with one attached hydrogen (secondary N) is 1. The Kier molecular flexibility index (Phi) is 4.27. The Balaban J connectivity index is 1.73. The summed E-state index contributed by atoms with van der Waals surface area (Å²) in [5.74, 6) is -0.720. The average molecular weight is 434 g/mol. The highest BCUT2D eigenvalue weighted by molar-refractivity contribution is 8.04. The van der Waals surface area contributed by atoms with Gasteiger partial charge in [-0.25, -0.2) is 0 Å². The summed E-state index contributed by atoms with van der Waals surface area (Å²) in [5.41, 5.74) is 3.44. The molecule has 0 saturated heterocycles. The number of hydrogen-bond acceptors (Lipinski definition) is 5. The minimum Gasteiger partial charge on any atom is -0.307 e. The van der Waals surface area contributed by atoms with Crippen molar-refractivity contribution in [2.45, 2.75) is 37.1 Å². The molecule has 2 aromatic carbocycles. The lowest BCUT2D eigenvalue weighted by Crippen LogP contribution is -2.27. The zero-order chi connectivity index (χ0) is 21.2. The van der Waals surface area contributed by atoms with Crippen molar-refractivity contribution in [3.63, 3.8) is 0 Å². The van der Waals surface area contributed by atoms with Crippen LogP contribution < -0.4 is 4.87 Å². The summed E-state index contributed by atoms with van der Waals surface area (Å²) in [6.07, 6.45) is 0. The first-order chi connectivity index (χ1) is 14.3. The van der Waals surface area contributed by atoms with Gasteiger partial charge in [-0.2, -0.15) is 0 Å². The number of ketones is 2. The van der Waals surface area contributed by atoms with Gasteiger partial charge in [-0.15, -0.1) is 0 Å². The van der Waals surface area contributed by atoms with Crippen LogP contribution in [-0.4, -0.2) is 16.6 Å². The number of aromatic amines is 1. The van der Waals surface area contributed by atoms with Crippen molar-refractivity contribution in [1.82, 2.24) is 4.98 Å². The van der Waals surface area contributed by atoms with Crippen LogP contribution in [0.1, 0.15) is 63.4 Å². The highest BCUT2D eigenvalue weighted by Gasteiger charge is 2.42. The molecule has 3 aromatic rings. The van der Waals surface area contributed by atoms with E-state index in [0.29, 0.717) is 26.6 Å². The second kappa shape index (κ2) is 6.65. The predicted molar refractivity (Wildman–Crippen MR) is 120 cm³/mol. The molecule has 1 aromatic heterocycles. The van der Waals surface area contributed by atoms with Crippen molar-refractivity contribution in [2.75, 3.05) is 0 Å². The molecule has 2 heterocycles. The molecular weight excluding hydrogens is 414 g/mol. The molecule has 150 valence electrons. The highest BCUT2D eigenvalue weighted by atomic mass is 32.2. The maximum atomic E-state index is 13.5. The van der Waals surface area contributed by atoms with E-state index >= 15 is 0 Å². The molecule has 0 unspecified atom stereocenters. The number of fused-ring (bicyclic) bond motifs is 2. The molecule has 0 fully saturated rings. The molecule has 0 spiro atoms. The topological polar surface area (TPSA) is 67.0 Å². The molecule has 0 saturated carbocycles. The molecule has 4 nitrogen and oxygen atoms in total. The average Bonchev–Trinajstić information content (AvgIpc) is 3.10. The Morgan fingerprint density at radius 3 is 2.13 bits per heavy atom. The molecule has 5 rings (SSSR count). The molecule has 1 aliphatic heterocycles. The zero-order valence-electron chi connectivity index (χ0n) is 16.7. The first kappa shape index (κ1) is 19.3. The van der Waals surface area contributed by atoms with Crippen molar-refractivity contribution in [3.05, 3.63) is 95.8 Å². The number of rotatable bonds is 1. The van der Waals surface area contributed by atoms with Crippen molar-refractivity contribution in [1.29, 1.82) is 0 Å². The van der Waals surface area contributed by atoms with Crippen LogP contribution in [0.25, 0.3) is 0 Å². The van der Waals surface area contributed by atoms with E-state index in [1.54, 1.807) is 24.3 Å². The molecule has 1 N–H and O–H groups in total. The van der Waals surface area contributed by atoms with E-state index in [1.165, 1.54) is 17.3 Å². The van der Waals surface area contributed by atoms with E-state index in [2.05, 4.69) is 37.9 Å². The van der Waals surface area contributed by atoms with Crippen molar-refractivity contribution >= 4 is 34.7 Å². The Bertz CT molecular complexity index is 1300. The monoisotopic (exact) mass is 433 g/mol. The summed E-state index contributed by atoms with van der Waals surface area (Å²) < 4.78 is 0. The minimum atomic E-state index is -0.431. The predicted octanol–water partition coefficient (Wildman–Crippen LogP) is 5.30. The number of Topliss-reactive ketones (excluding diaryl/α,β-unsaturated/α-hetero) is 2. The fourth-order valence-corrected chi connectivity index (χ4v) is 6.33. The third-order valence-corrected chi connectivity index (χ3v) is 7.83. The number of H-pyrrole nitrogens is 1. The number of carbonyl (C=O) groups is 2. The van der Waals surface area contributed by atoms with Crippen LogP contribution in [0.5, 0.6) is 0 Å². The highest BCUT2D eigenvalue weighted by Crippen LogP contribution is 2.51. The standard InChI is InChI=1S/C24H19NO3S2/c1-24(2,3)13-10-8-12(9-11-13)16-17-18(26)14-6-4-5-7-15(14)19(27)20(17)29-22-21(16)30-23(28)25-22/h4-11,16H,1-3H3,(H,25,28)/t16-/m1/s1. The number of carbonyl (C=O) groups excluding carboxylic acids is 2. The molecule has 0 radical (unpaired) electrons. The smallest absolute Gasteiger partial charge is 0.305 e. The van der Waals surface area contributed by atoms with Crippen molar-refractivity contribution < 1.29 is 9.59 Å². The van der Waals surface area contributed by atoms with Gasteiger partial charge in [-0.1, -0.05) is 92.4 Å². The van der Waals surface area contributed by atoms with Gasteiger partial charge in [0.15, 0.2) is 5.78 Å². The van der Waals surface area contributed by atoms with Gasteiger partial charge >= 0.3 is 4.87 Å². The van der Waals surface area contributed by atoms with Gasteiger partial charge < -0.3 is 4.98 Å². The van der Waals surface area contributed by atoms with E-state index in [9.17, 15) is 14.4 Å². The Morgan fingerprint density at radius 1 is 0.867 bits per heavy atom. The lowest BCUT2D eigenvalue weighted by Gasteiger charge is -2.30. The normalized spacial score (nSPS) is 18.2. The molecule has 6 heteroatoms. The summed E-state index contributed by atoms with van der Waals surface area (Å²) in [4.78, 5) is 42.8. The van der Waals surface area contributed by atoms with Gasteiger partial charge in [-0.05, 0) is 16.5 Å². The van der Waals surface area contributed by atoms with Crippen LogP contribution in [0.3, 0.4) is 0 Å². The number of thioether (sulfide) groups is 1. The summed E-state index contributed by atoms with van der Waals surface area (Å²) in [6, 6.07) is 15.1. The second-order valence-electron chi connectivity index (χ2n) is 8.56. The lowest BCUT2D eigenvalue weighted by atomic mass is 9.78. The SMILES string of the molecule is CC(C)(C)c1ccc([C@@H]2C3=C(Sc4[nH]c(=O)sc42)C(=O)c2ccccc2C3=O)cc1. The van der Waals surface area contributed by atoms with Crippen LogP contribution in [-0.2, 0) is 5.41 Å². The molecule has 0 amide bonds. The molecule has 2 aliphatic rings. The Morgan fingerprint density at radius 2 is 1.50 bits per heavy atom. The molecule has 1 aliphatic carbocycles. The third kappa shape index (κ3) is 2.86. The molecular formula is C24H19NO3S2. The fraction of sp³-hybridized carbons (Fsp3) is 0.208. The van der Waals surface area contributed by atoms with Gasteiger partial charge in [0.2, 0.25) is 5.78 Å². The van der Waals surface area contributed by atoms with Crippen LogP contribution in [0.4, 0.5) is 0 Å². The summed E-state index contributed by atoms with van der Waals surface area (Å²) in [7, 11) is 0. The van der Waals surface area contributed by atoms with E-state index in [4.69, 9.17) is 0 Å². The van der Waals surface area contributed by atoms with Gasteiger partial charge in [0.1, 0.15) is 0 Å². The van der Waals surface area contributed by atoms with Crippen molar-refractivity contribution in [3.8, 4) is 0 Å². The molecule has 30 heavy (non-hydrogen) atoms. The first-order valence-electron chi connectivity index (χ1n) is 9.69. The lowest BCUT2D eigenvalue weighted by molar-refractivity contribution is 0.0977. The first-order valence-corrected chi connectivity index (χ1v) is 11.3. The van der Waals surface area contributed by atoms with Crippen LogP contribution in [0.2, 0.25) is 0 Å². The van der Waals surface area contributed by atoms with E-state index in [-0.39, 0.29) is 21.9 Å². The third-order valence-electron chi connectivity index (χ3n) is 5.62. The largest absolute Gasteiger partial charge is 0.307 e. The zero-order valence-corrected chi connectivity index (χ0v) is 18.4. The van der Waals surface area contributed by atoms with Gasteiger partial charge in [0.25, 0.3) is 0 Å². The fourth-order valence-electron chi connectivity index (χ4n) is 4.05. The van der Waals surface area contributed by atoms with E-state index < -0.39 is 5.92 Å². The quantitative estimate of drug-likeness (QED) is 0.565. The maximum absolute atomic E-state index is 13.5. The number of benzene rings is 2. The van der Waals surface area contributed by atoms with E-state index in [1.807, 2.05) is 12.1 Å². The van der Waals surface area contributed by atoms with Gasteiger partial charge in [0, 0.05) is 16.7 Å². The van der Waals surface area contributed by atoms with Crippen LogP contribution >= 0.6 is 23.1 Å². The van der Waals surface area contributed by atoms with Crippen molar-refractivity contribution in [2.24, 2.45) is 0 Å². The second-order valence-corrected chi connectivity index (χ2v) is 10.6. The van der Waals surface area contributed by atoms with Crippen LogP contribution in [0.15, 0.2) is 68.8 Å². The number of allylic oxidation sites excluding steroid dienone is 2. The van der Waals surface area contributed by atoms with E-state index in [0.717, 1.165) is 21.8 Å². The Labute approximate surface area is 182 Å². The molecule has 1 atom stereocenters. The number of hydrogen-bond donors (Lipinski definition) is 1. The summed E-state index contributed by atoms with van der Waals surface area (Å²) in [5, 5.41) is 0.661. The van der Waals surface area contributed by atoms with Gasteiger partial charge in [0.05, 0.1) is 20.7 Å². The van der Waals surface area contributed by atoms with Gasteiger partial charge in [-0.3, -0.25) is 14.4 Å². The van der Waals surface area contributed by atoms with Crippen LogP contribution in [0, 0.1) is 0 Å². The minimum absolute atomic E-state index is 0.00496. The molecule has 0 bridgehead atoms. The maximum Gasteiger partial charge on any atom is 0.305 e. The Hall–Kier alpha value is -2.70. The summed E-state index contributed by atoms with van der Waals surface area (Å²) >= 11 is 2.32. The summed E-state index contributed by atoms with van der Waals surface area (Å²) in [6.45, 7) is 6.45. The number of thiazole rings is 1.